The smallest absolute Gasteiger partial charge is 0.312 e. The fourth-order valence-corrected chi connectivity index (χ4v) is 1.04. The first-order valence-electron chi connectivity index (χ1n) is 4.80. The number of rotatable bonds is 6. The third kappa shape index (κ3) is 5.37. The molecule has 0 aromatic rings. The Kier molecular flexibility index (Phi) is 5.93. The van der Waals surface area contributed by atoms with Gasteiger partial charge in [-0.15, -0.1) is 0 Å². The number of hydrogen-bond donors (Lipinski definition) is 1. The van der Waals surface area contributed by atoms with Crippen molar-refractivity contribution in [3.8, 4) is 0 Å². The van der Waals surface area contributed by atoms with Gasteiger partial charge >= 0.3 is 11.9 Å². The lowest BCUT2D eigenvalue weighted by atomic mass is 9.94. The number of ether oxygens (including phenoxy) is 2. The summed E-state index contributed by atoms with van der Waals surface area (Å²) in [6, 6.07) is 0. The van der Waals surface area contributed by atoms with E-state index in [1.807, 2.05) is 0 Å². The molecule has 0 bridgehead atoms. The Morgan fingerprint density at radius 1 is 1.20 bits per heavy atom. The first-order valence-corrected chi connectivity index (χ1v) is 4.80. The number of carbonyl (C=O) groups excluding carboxylic acids is 2. The maximum absolute atomic E-state index is 11.3. The van der Waals surface area contributed by atoms with Gasteiger partial charge < -0.3 is 14.8 Å². The number of hydrogen-bond acceptors (Lipinski definition) is 5. The first kappa shape index (κ1) is 13.9. The fourth-order valence-electron chi connectivity index (χ4n) is 1.04. The van der Waals surface area contributed by atoms with Crippen LogP contribution in [0.1, 0.15) is 20.3 Å². The van der Waals surface area contributed by atoms with Crippen molar-refractivity contribution in [3.05, 3.63) is 0 Å². The predicted octanol–water partition coefficient (Wildman–Crippen LogP) is 0.338. The zero-order chi connectivity index (χ0) is 11.9. The Hall–Kier alpha value is -1.10. The van der Waals surface area contributed by atoms with Crippen LogP contribution in [-0.4, -0.2) is 39.2 Å². The molecule has 0 saturated carbocycles. The highest BCUT2D eigenvalue weighted by Crippen LogP contribution is 2.14. The van der Waals surface area contributed by atoms with Gasteiger partial charge in [-0.05, 0) is 13.8 Å². The minimum absolute atomic E-state index is 0.265. The maximum atomic E-state index is 11.3. The summed E-state index contributed by atoms with van der Waals surface area (Å²) >= 11 is 0. The van der Waals surface area contributed by atoms with E-state index in [9.17, 15) is 9.59 Å². The summed E-state index contributed by atoms with van der Waals surface area (Å²) in [7, 11) is 2.71. The molecule has 0 aliphatic rings. The van der Waals surface area contributed by atoms with Crippen molar-refractivity contribution < 1.29 is 19.1 Å². The molecule has 5 heteroatoms. The van der Waals surface area contributed by atoms with Crippen LogP contribution in [0.4, 0.5) is 0 Å². The Balaban J connectivity index is 3.75. The Bertz CT molecular complexity index is 225. The second-order valence-electron chi connectivity index (χ2n) is 3.88. The van der Waals surface area contributed by atoms with E-state index < -0.39 is 5.41 Å². The minimum Gasteiger partial charge on any atom is -0.469 e. The molecule has 5 nitrogen and oxygen atoms in total. The number of nitrogens with one attached hydrogen (secondary N) is 1. The number of methoxy groups -OCH3 is 2. The minimum atomic E-state index is -0.579. The van der Waals surface area contributed by atoms with Gasteiger partial charge in [-0.3, -0.25) is 9.59 Å². The Morgan fingerprint density at radius 3 is 2.27 bits per heavy atom. The molecule has 0 unspecified atom stereocenters. The van der Waals surface area contributed by atoms with E-state index in [1.165, 1.54) is 14.2 Å². The van der Waals surface area contributed by atoms with Gasteiger partial charge in [0.15, 0.2) is 0 Å². The average molecular weight is 217 g/mol. The molecular formula is C10H19NO4. The van der Waals surface area contributed by atoms with Gasteiger partial charge in [0.05, 0.1) is 26.1 Å². The molecule has 88 valence electrons. The molecule has 0 aromatic carbocycles. The molecule has 0 spiro atoms. The topological polar surface area (TPSA) is 64.6 Å². The zero-order valence-electron chi connectivity index (χ0n) is 9.75. The standard InChI is InChI=1S/C10H19NO4/c1-10(2,9(13)15-4)7-11-6-5-8(12)14-3/h11H,5-7H2,1-4H3. The van der Waals surface area contributed by atoms with Crippen LogP contribution in [0.25, 0.3) is 0 Å². The number of carbonyl (C=O) groups is 2. The van der Waals surface area contributed by atoms with Gasteiger partial charge in [-0.1, -0.05) is 0 Å². The van der Waals surface area contributed by atoms with Crippen molar-refractivity contribution >= 4 is 11.9 Å². The van der Waals surface area contributed by atoms with Crippen LogP contribution in [0, 0.1) is 5.41 Å². The van der Waals surface area contributed by atoms with Gasteiger partial charge in [0.1, 0.15) is 0 Å². The average Bonchev–Trinajstić information content (AvgIpc) is 2.22. The van der Waals surface area contributed by atoms with E-state index in [0.717, 1.165) is 0 Å². The molecule has 0 saturated heterocycles. The molecule has 0 radical (unpaired) electrons. The number of esters is 2. The predicted molar refractivity (Wildman–Crippen MR) is 55.3 cm³/mol. The lowest BCUT2D eigenvalue weighted by Crippen LogP contribution is -2.37. The molecule has 0 amide bonds. The van der Waals surface area contributed by atoms with E-state index in [0.29, 0.717) is 19.5 Å². The molecular weight excluding hydrogens is 198 g/mol. The van der Waals surface area contributed by atoms with Gasteiger partial charge in [-0.25, -0.2) is 0 Å². The second kappa shape index (κ2) is 6.40. The van der Waals surface area contributed by atoms with Gasteiger partial charge in [0.25, 0.3) is 0 Å². The molecule has 0 atom stereocenters. The van der Waals surface area contributed by atoms with Crippen LogP contribution < -0.4 is 5.32 Å². The van der Waals surface area contributed by atoms with E-state index in [-0.39, 0.29) is 11.9 Å². The monoisotopic (exact) mass is 217 g/mol. The van der Waals surface area contributed by atoms with Crippen LogP contribution in [0.2, 0.25) is 0 Å². The van der Waals surface area contributed by atoms with Crippen LogP contribution in [0.3, 0.4) is 0 Å². The van der Waals surface area contributed by atoms with E-state index in [4.69, 9.17) is 0 Å². The lowest BCUT2D eigenvalue weighted by molar-refractivity contribution is -0.150. The quantitative estimate of drug-likeness (QED) is 0.513. The first-order chi connectivity index (χ1) is 6.94. The van der Waals surface area contributed by atoms with E-state index in [2.05, 4.69) is 14.8 Å². The molecule has 0 aliphatic carbocycles. The summed E-state index contributed by atoms with van der Waals surface area (Å²) in [4.78, 5) is 22.0. The van der Waals surface area contributed by atoms with E-state index >= 15 is 0 Å². The Labute approximate surface area is 90.1 Å². The molecule has 0 heterocycles. The maximum Gasteiger partial charge on any atom is 0.312 e. The molecule has 0 fully saturated rings. The van der Waals surface area contributed by atoms with Crippen molar-refractivity contribution in [3.63, 3.8) is 0 Å². The highest BCUT2D eigenvalue weighted by atomic mass is 16.5. The lowest BCUT2D eigenvalue weighted by Gasteiger charge is -2.21. The molecule has 15 heavy (non-hydrogen) atoms. The van der Waals surface area contributed by atoms with Gasteiger partial charge in [0, 0.05) is 13.1 Å². The third-order valence-electron chi connectivity index (χ3n) is 2.04. The molecule has 0 rings (SSSR count). The summed E-state index contributed by atoms with van der Waals surface area (Å²) in [5.41, 5.74) is -0.579. The van der Waals surface area contributed by atoms with Crippen LogP contribution >= 0.6 is 0 Å². The normalized spacial score (nSPS) is 10.9. The Morgan fingerprint density at radius 2 is 1.80 bits per heavy atom. The highest BCUT2D eigenvalue weighted by molar-refractivity contribution is 5.76. The van der Waals surface area contributed by atoms with E-state index in [1.54, 1.807) is 13.8 Å². The summed E-state index contributed by atoms with van der Waals surface area (Å²) < 4.78 is 9.12. The second-order valence-corrected chi connectivity index (χ2v) is 3.88. The van der Waals surface area contributed by atoms with Crippen molar-refractivity contribution in [2.24, 2.45) is 5.41 Å². The molecule has 1 N–H and O–H groups in total. The molecule has 0 aromatic heterocycles. The van der Waals surface area contributed by atoms with Crippen LogP contribution in [0.15, 0.2) is 0 Å². The van der Waals surface area contributed by atoms with Crippen molar-refractivity contribution in [1.29, 1.82) is 0 Å². The SMILES string of the molecule is COC(=O)CCNCC(C)(C)C(=O)OC. The highest BCUT2D eigenvalue weighted by Gasteiger charge is 2.27. The summed E-state index contributed by atoms with van der Waals surface area (Å²) in [5, 5.41) is 3.00. The summed E-state index contributed by atoms with van der Waals surface area (Å²) in [5.74, 6) is -0.536. The summed E-state index contributed by atoms with van der Waals surface area (Å²) in [6.45, 7) is 4.53. The van der Waals surface area contributed by atoms with Gasteiger partial charge in [-0.2, -0.15) is 0 Å². The van der Waals surface area contributed by atoms with Crippen molar-refractivity contribution in [2.45, 2.75) is 20.3 Å². The van der Waals surface area contributed by atoms with Crippen LogP contribution in [0.5, 0.6) is 0 Å². The van der Waals surface area contributed by atoms with Crippen molar-refractivity contribution in [2.75, 3.05) is 27.3 Å². The zero-order valence-corrected chi connectivity index (χ0v) is 9.75. The van der Waals surface area contributed by atoms with Gasteiger partial charge in [0.2, 0.25) is 0 Å². The fraction of sp³-hybridized carbons (Fsp3) is 0.800. The van der Waals surface area contributed by atoms with Crippen LogP contribution in [-0.2, 0) is 19.1 Å². The largest absolute Gasteiger partial charge is 0.469 e. The van der Waals surface area contributed by atoms with Crippen molar-refractivity contribution in [1.82, 2.24) is 5.32 Å². The summed E-state index contributed by atoms with van der Waals surface area (Å²) in [6.07, 6.45) is 0.299. The molecule has 0 aliphatic heterocycles. The third-order valence-corrected chi connectivity index (χ3v) is 2.04.